The molecule has 0 atom stereocenters. The number of hydrogen-bond donors (Lipinski definition) is 1. The molecule has 0 aliphatic heterocycles. The standard InChI is InChI=1S/C14H23N3O4/c1-4-5-6-15(7-8-18)14(19)13-9-12(17(20)21)10-16(13)11(2)3/h9-11,18H,4-8H2,1-3H3. The van der Waals surface area contributed by atoms with Gasteiger partial charge in [0.05, 0.1) is 17.7 Å². The van der Waals surface area contributed by atoms with Crippen molar-refractivity contribution in [1.29, 1.82) is 0 Å². The molecule has 7 heteroatoms. The fourth-order valence-corrected chi connectivity index (χ4v) is 2.11. The van der Waals surface area contributed by atoms with Crippen LogP contribution in [0.1, 0.15) is 50.1 Å². The molecule has 0 fully saturated rings. The molecule has 1 aromatic rings. The average molecular weight is 297 g/mol. The van der Waals surface area contributed by atoms with Crippen molar-refractivity contribution < 1.29 is 14.8 Å². The quantitative estimate of drug-likeness (QED) is 0.588. The van der Waals surface area contributed by atoms with Crippen molar-refractivity contribution in [2.75, 3.05) is 19.7 Å². The molecule has 0 unspecified atom stereocenters. The third kappa shape index (κ3) is 4.29. The Morgan fingerprint density at radius 1 is 1.48 bits per heavy atom. The van der Waals surface area contributed by atoms with Crippen LogP contribution in [-0.4, -0.2) is 45.1 Å². The smallest absolute Gasteiger partial charge is 0.287 e. The Morgan fingerprint density at radius 3 is 2.62 bits per heavy atom. The summed E-state index contributed by atoms with van der Waals surface area (Å²) in [6.45, 7) is 6.39. The number of aromatic nitrogens is 1. The van der Waals surface area contributed by atoms with Gasteiger partial charge in [-0.2, -0.15) is 0 Å². The summed E-state index contributed by atoms with van der Waals surface area (Å²) < 4.78 is 1.61. The molecular formula is C14H23N3O4. The number of aliphatic hydroxyl groups excluding tert-OH is 1. The second kappa shape index (κ2) is 7.78. The lowest BCUT2D eigenvalue weighted by atomic mass is 10.2. The minimum atomic E-state index is -0.502. The first kappa shape index (κ1) is 17.2. The Morgan fingerprint density at radius 2 is 2.14 bits per heavy atom. The SMILES string of the molecule is CCCCN(CCO)C(=O)c1cc([N+](=O)[O-])cn1C(C)C. The van der Waals surface area contributed by atoms with E-state index in [1.165, 1.54) is 12.3 Å². The van der Waals surface area contributed by atoms with Crippen molar-refractivity contribution in [2.45, 2.75) is 39.7 Å². The lowest BCUT2D eigenvalue weighted by Crippen LogP contribution is -2.35. The van der Waals surface area contributed by atoms with E-state index in [9.17, 15) is 14.9 Å². The molecule has 0 spiro atoms. The van der Waals surface area contributed by atoms with Gasteiger partial charge < -0.3 is 14.6 Å². The van der Waals surface area contributed by atoms with Gasteiger partial charge in [0.1, 0.15) is 5.69 Å². The predicted molar refractivity (Wildman–Crippen MR) is 79.4 cm³/mol. The van der Waals surface area contributed by atoms with Crippen LogP contribution in [0.4, 0.5) is 5.69 Å². The lowest BCUT2D eigenvalue weighted by Gasteiger charge is -2.23. The molecule has 0 aromatic carbocycles. The predicted octanol–water partition coefficient (Wildman–Crippen LogP) is 2.21. The van der Waals surface area contributed by atoms with Gasteiger partial charge in [0.25, 0.3) is 11.6 Å². The van der Waals surface area contributed by atoms with Gasteiger partial charge in [0, 0.05) is 25.2 Å². The Hall–Kier alpha value is -1.89. The van der Waals surface area contributed by atoms with Crippen molar-refractivity contribution in [2.24, 2.45) is 0 Å². The maximum absolute atomic E-state index is 12.6. The van der Waals surface area contributed by atoms with Gasteiger partial charge in [-0.25, -0.2) is 0 Å². The van der Waals surface area contributed by atoms with E-state index in [2.05, 4.69) is 0 Å². The molecule has 118 valence electrons. The van der Waals surface area contributed by atoms with E-state index in [1.54, 1.807) is 9.47 Å². The molecule has 7 nitrogen and oxygen atoms in total. The van der Waals surface area contributed by atoms with Crippen LogP contribution in [0.2, 0.25) is 0 Å². The summed E-state index contributed by atoms with van der Waals surface area (Å²) in [5, 5.41) is 20.0. The van der Waals surface area contributed by atoms with Crippen LogP contribution in [0.15, 0.2) is 12.3 Å². The van der Waals surface area contributed by atoms with Gasteiger partial charge in [-0.3, -0.25) is 14.9 Å². The van der Waals surface area contributed by atoms with E-state index in [1.807, 2.05) is 20.8 Å². The topological polar surface area (TPSA) is 88.6 Å². The molecule has 0 aliphatic carbocycles. The number of aliphatic hydroxyl groups is 1. The average Bonchev–Trinajstić information content (AvgIpc) is 2.88. The number of amides is 1. The van der Waals surface area contributed by atoms with Gasteiger partial charge >= 0.3 is 0 Å². The van der Waals surface area contributed by atoms with E-state index in [-0.39, 0.29) is 30.8 Å². The summed E-state index contributed by atoms with van der Waals surface area (Å²) in [6, 6.07) is 1.25. The first-order valence-corrected chi connectivity index (χ1v) is 7.18. The largest absolute Gasteiger partial charge is 0.395 e. The van der Waals surface area contributed by atoms with Gasteiger partial charge in [-0.15, -0.1) is 0 Å². The molecule has 1 aromatic heterocycles. The highest BCUT2D eigenvalue weighted by Gasteiger charge is 2.24. The molecule has 1 N–H and O–H groups in total. The highest BCUT2D eigenvalue weighted by Crippen LogP contribution is 2.22. The van der Waals surface area contributed by atoms with Gasteiger partial charge in [-0.05, 0) is 20.3 Å². The highest BCUT2D eigenvalue weighted by atomic mass is 16.6. The number of nitro groups is 1. The normalized spacial score (nSPS) is 10.9. The van der Waals surface area contributed by atoms with Crippen LogP contribution in [0, 0.1) is 10.1 Å². The minimum absolute atomic E-state index is 0.0557. The summed E-state index contributed by atoms with van der Waals surface area (Å²) in [5.41, 5.74) is 0.202. The van der Waals surface area contributed by atoms with Crippen LogP contribution in [0.3, 0.4) is 0 Å². The van der Waals surface area contributed by atoms with Crippen molar-refractivity contribution in [3.63, 3.8) is 0 Å². The van der Waals surface area contributed by atoms with Crippen LogP contribution in [0.25, 0.3) is 0 Å². The molecule has 1 rings (SSSR count). The van der Waals surface area contributed by atoms with Crippen molar-refractivity contribution in [3.05, 3.63) is 28.1 Å². The van der Waals surface area contributed by atoms with E-state index in [0.717, 1.165) is 12.8 Å². The summed E-state index contributed by atoms with van der Waals surface area (Å²) in [6.07, 6.45) is 3.14. The molecule has 0 saturated carbocycles. The number of carbonyl (C=O) groups excluding carboxylic acids is 1. The lowest BCUT2D eigenvalue weighted by molar-refractivity contribution is -0.384. The van der Waals surface area contributed by atoms with E-state index in [0.29, 0.717) is 12.2 Å². The number of unbranched alkanes of at least 4 members (excludes halogenated alkanes) is 1. The number of hydrogen-bond acceptors (Lipinski definition) is 4. The minimum Gasteiger partial charge on any atom is -0.395 e. The van der Waals surface area contributed by atoms with Crippen LogP contribution >= 0.6 is 0 Å². The first-order chi connectivity index (χ1) is 9.92. The molecule has 1 amide bonds. The third-order valence-electron chi connectivity index (χ3n) is 3.26. The van der Waals surface area contributed by atoms with E-state index >= 15 is 0 Å². The van der Waals surface area contributed by atoms with Crippen LogP contribution in [-0.2, 0) is 0 Å². The van der Waals surface area contributed by atoms with Gasteiger partial charge in [0.2, 0.25) is 0 Å². The highest BCUT2D eigenvalue weighted by molar-refractivity contribution is 5.93. The van der Waals surface area contributed by atoms with Crippen molar-refractivity contribution in [1.82, 2.24) is 9.47 Å². The Bertz CT molecular complexity index is 496. The monoisotopic (exact) mass is 297 g/mol. The fraction of sp³-hybridized carbons (Fsp3) is 0.643. The fourth-order valence-electron chi connectivity index (χ4n) is 2.11. The number of rotatable bonds is 8. The summed E-state index contributed by atoms with van der Waals surface area (Å²) in [4.78, 5) is 24.5. The Kier molecular flexibility index (Phi) is 6.36. The zero-order chi connectivity index (χ0) is 16.0. The number of nitrogens with zero attached hydrogens (tertiary/aromatic N) is 3. The van der Waals surface area contributed by atoms with Gasteiger partial charge in [-0.1, -0.05) is 13.3 Å². The maximum Gasteiger partial charge on any atom is 0.287 e. The first-order valence-electron chi connectivity index (χ1n) is 7.18. The van der Waals surface area contributed by atoms with E-state index in [4.69, 9.17) is 5.11 Å². The Labute approximate surface area is 124 Å². The molecule has 0 radical (unpaired) electrons. The molecule has 1 heterocycles. The second-order valence-corrected chi connectivity index (χ2v) is 5.21. The Balaban J connectivity index is 3.10. The zero-order valence-electron chi connectivity index (χ0n) is 12.8. The van der Waals surface area contributed by atoms with Gasteiger partial charge in [0.15, 0.2) is 0 Å². The number of carbonyl (C=O) groups is 1. The van der Waals surface area contributed by atoms with E-state index < -0.39 is 4.92 Å². The molecular weight excluding hydrogens is 274 g/mol. The van der Waals surface area contributed by atoms with Crippen molar-refractivity contribution in [3.8, 4) is 0 Å². The van der Waals surface area contributed by atoms with Crippen LogP contribution < -0.4 is 0 Å². The zero-order valence-corrected chi connectivity index (χ0v) is 12.8. The van der Waals surface area contributed by atoms with Crippen LogP contribution in [0.5, 0.6) is 0 Å². The third-order valence-corrected chi connectivity index (χ3v) is 3.26. The second-order valence-electron chi connectivity index (χ2n) is 5.21. The summed E-state index contributed by atoms with van der Waals surface area (Å²) in [7, 11) is 0. The molecule has 0 aliphatic rings. The molecule has 21 heavy (non-hydrogen) atoms. The summed E-state index contributed by atoms with van der Waals surface area (Å²) >= 11 is 0. The van der Waals surface area contributed by atoms with Crippen molar-refractivity contribution >= 4 is 11.6 Å². The molecule has 0 bridgehead atoms. The maximum atomic E-state index is 12.6. The summed E-state index contributed by atoms with van der Waals surface area (Å²) in [5.74, 6) is -0.278. The molecule has 0 saturated heterocycles.